The van der Waals surface area contributed by atoms with Crippen LogP contribution in [0.3, 0.4) is 0 Å². The number of nitrogens with zero attached hydrogens (tertiary/aromatic N) is 3. The van der Waals surface area contributed by atoms with Crippen LogP contribution in [0.1, 0.15) is 50.4 Å². The topological polar surface area (TPSA) is 122 Å². The van der Waals surface area contributed by atoms with Gasteiger partial charge in [0.05, 0.1) is 29.4 Å². The van der Waals surface area contributed by atoms with Crippen molar-refractivity contribution in [2.24, 2.45) is 0 Å². The van der Waals surface area contributed by atoms with Crippen LogP contribution in [-0.2, 0) is 14.3 Å². The fourth-order valence-electron chi connectivity index (χ4n) is 5.33. The molecule has 2 aliphatic heterocycles. The molecular formula is C33H38Cl2FN5O6. The van der Waals surface area contributed by atoms with Crippen molar-refractivity contribution in [2.45, 2.75) is 56.9 Å². The zero-order valence-corrected chi connectivity index (χ0v) is 28.0. The number of hydrogen-bond acceptors (Lipinski definition) is 8. The van der Waals surface area contributed by atoms with Gasteiger partial charge in [-0.05, 0) is 57.2 Å². The smallest absolute Gasteiger partial charge is 0.410 e. The molecule has 0 radical (unpaired) electrons. The first-order valence-corrected chi connectivity index (χ1v) is 16.2. The molecule has 14 heteroatoms. The van der Waals surface area contributed by atoms with Crippen LogP contribution >= 0.6 is 23.2 Å². The number of rotatable bonds is 7. The molecule has 1 unspecified atom stereocenters. The third kappa shape index (κ3) is 9.36. The zero-order chi connectivity index (χ0) is 33.8. The molecule has 0 spiro atoms. The van der Waals surface area contributed by atoms with Crippen molar-refractivity contribution >= 4 is 52.6 Å². The number of amides is 3. The molecule has 3 amide bonds. The van der Waals surface area contributed by atoms with Gasteiger partial charge >= 0.3 is 6.09 Å². The number of alkyl halides is 2. The molecule has 2 aromatic rings. The number of benzene rings is 1. The second-order valence-electron chi connectivity index (χ2n) is 12.5. The number of pyridine rings is 1. The molecule has 1 aromatic heterocycles. The fourth-order valence-corrected chi connectivity index (χ4v) is 5.64. The lowest BCUT2D eigenvalue weighted by atomic mass is 10.00. The fraction of sp³-hybridized carbons (Fsp3) is 0.455. The highest BCUT2D eigenvalue weighted by Crippen LogP contribution is 2.35. The number of allylic oxidation sites excluding steroid dienone is 2. The number of nitrogens with one attached hydrogen (secondary N) is 2. The van der Waals surface area contributed by atoms with Crippen molar-refractivity contribution in [3.05, 3.63) is 70.5 Å². The van der Waals surface area contributed by atoms with Crippen LogP contribution in [0.5, 0.6) is 5.75 Å². The molecule has 11 nitrogen and oxygen atoms in total. The van der Waals surface area contributed by atoms with E-state index in [9.17, 15) is 18.8 Å². The van der Waals surface area contributed by atoms with Crippen molar-refractivity contribution in [3.63, 3.8) is 0 Å². The van der Waals surface area contributed by atoms with E-state index >= 15 is 0 Å². The van der Waals surface area contributed by atoms with E-state index in [0.717, 1.165) is 11.8 Å². The van der Waals surface area contributed by atoms with Gasteiger partial charge in [0.25, 0.3) is 11.8 Å². The molecule has 1 aromatic carbocycles. The molecule has 1 atom stereocenters. The van der Waals surface area contributed by atoms with E-state index < -0.39 is 29.0 Å². The Hall–Kier alpha value is -3.87. The van der Waals surface area contributed by atoms with E-state index in [4.69, 9.17) is 37.4 Å². The second-order valence-corrected chi connectivity index (χ2v) is 13.6. The minimum absolute atomic E-state index is 0.00432. The summed E-state index contributed by atoms with van der Waals surface area (Å²) >= 11 is 11.9. The van der Waals surface area contributed by atoms with E-state index in [1.807, 2.05) is 26.8 Å². The largest absolute Gasteiger partial charge is 0.489 e. The molecule has 3 heterocycles. The zero-order valence-electron chi connectivity index (χ0n) is 26.5. The number of likely N-dealkylation sites (tertiary alicyclic amines) is 1. The van der Waals surface area contributed by atoms with Gasteiger partial charge in [0.2, 0.25) is 5.13 Å². The van der Waals surface area contributed by atoms with Crippen LogP contribution in [0.25, 0.3) is 0 Å². The monoisotopic (exact) mass is 689 g/mol. The number of ether oxygens (including phenoxy) is 3. The van der Waals surface area contributed by atoms with Crippen molar-refractivity contribution in [3.8, 4) is 5.75 Å². The minimum atomic E-state index is -2.31. The Kier molecular flexibility index (Phi) is 10.6. The van der Waals surface area contributed by atoms with Gasteiger partial charge in [0.15, 0.2) is 0 Å². The quantitative estimate of drug-likeness (QED) is 0.348. The first-order valence-electron chi connectivity index (χ1n) is 15.4. The summed E-state index contributed by atoms with van der Waals surface area (Å²) < 4.78 is 32.4. The summed E-state index contributed by atoms with van der Waals surface area (Å²) in [6, 6.07) is 8.34. The van der Waals surface area contributed by atoms with Gasteiger partial charge in [0.1, 0.15) is 23.3 Å². The number of carbonyl (C=O) groups is 3. The predicted octanol–water partition coefficient (Wildman–Crippen LogP) is 5.84. The summed E-state index contributed by atoms with van der Waals surface area (Å²) in [5.74, 6) is -0.675. The number of carbonyl (C=O) groups excluding carboxylic acids is 3. The molecule has 2 saturated heterocycles. The molecule has 0 bridgehead atoms. The molecule has 2 fully saturated rings. The maximum Gasteiger partial charge on any atom is 0.410 e. The lowest BCUT2D eigenvalue weighted by molar-refractivity contribution is -0.112. The number of aromatic nitrogens is 1. The van der Waals surface area contributed by atoms with Crippen LogP contribution in [0.4, 0.5) is 20.7 Å². The molecular weight excluding hydrogens is 652 g/mol. The SMILES string of the molecule is CC(C)(C)OC(=O)N1CCC(Oc2cc(N3CCOCC3)ccc2C(=O)NC2=C(C(=O)Nc3ccc(Cl)cn3)C=CC(F)(Cl)C2)CC1. The minimum Gasteiger partial charge on any atom is -0.489 e. The number of anilines is 2. The maximum atomic E-state index is 15.0. The van der Waals surface area contributed by atoms with Gasteiger partial charge in [-0.1, -0.05) is 23.2 Å². The van der Waals surface area contributed by atoms with Crippen molar-refractivity contribution < 1.29 is 33.0 Å². The Morgan fingerprint density at radius 1 is 1.04 bits per heavy atom. The van der Waals surface area contributed by atoms with Crippen LogP contribution in [0.15, 0.2) is 60.0 Å². The lowest BCUT2D eigenvalue weighted by Crippen LogP contribution is -2.44. The molecule has 3 aliphatic rings. The van der Waals surface area contributed by atoms with E-state index in [0.29, 0.717) is 63.0 Å². The highest BCUT2D eigenvalue weighted by molar-refractivity contribution is 6.30. The van der Waals surface area contributed by atoms with Gasteiger partial charge in [-0.2, -0.15) is 0 Å². The van der Waals surface area contributed by atoms with Gasteiger partial charge in [-0.15, -0.1) is 0 Å². The summed E-state index contributed by atoms with van der Waals surface area (Å²) in [6.07, 6.45) is 3.59. The summed E-state index contributed by atoms with van der Waals surface area (Å²) in [7, 11) is 0. The molecule has 252 valence electrons. The average molecular weight is 691 g/mol. The van der Waals surface area contributed by atoms with E-state index in [-0.39, 0.29) is 34.8 Å². The number of piperidine rings is 1. The molecule has 47 heavy (non-hydrogen) atoms. The van der Waals surface area contributed by atoms with Crippen molar-refractivity contribution in [1.82, 2.24) is 15.2 Å². The third-order valence-corrected chi connectivity index (χ3v) is 8.17. The third-order valence-electron chi connectivity index (χ3n) is 7.68. The lowest BCUT2D eigenvalue weighted by Gasteiger charge is -2.34. The summed E-state index contributed by atoms with van der Waals surface area (Å²) in [6.45, 7) is 8.81. The maximum absolute atomic E-state index is 15.0. The predicted molar refractivity (Wildman–Crippen MR) is 177 cm³/mol. The molecule has 1 aliphatic carbocycles. The van der Waals surface area contributed by atoms with Gasteiger partial charge in [0, 0.05) is 69.1 Å². The Balaban J connectivity index is 1.37. The summed E-state index contributed by atoms with van der Waals surface area (Å²) in [5.41, 5.74) is 0.456. The van der Waals surface area contributed by atoms with Crippen LogP contribution in [0.2, 0.25) is 5.02 Å². The highest BCUT2D eigenvalue weighted by Gasteiger charge is 2.34. The Morgan fingerprint density at radius 3 is 2.43 bits per heavy atom. The summed E-state index contributed by atoms with van der Waals surface area (Å²) in [4.78, 5) is 47.5. The normalized spacial score (nSPS) is 20.6. The first-order chi connectivity index (χ1) is 22.3. The average Bonchev–Trinajstić information content (AvgIpc) is 3.01. The Bertz CT molecular complexity index is 1550. The van der Waals surface area contributed by atoms with Crippen LogP contribution < -0.4 is 20.3 Å². The van der Waals surface area contributed by atoms with E-state index in [1.165, 1.54) is 18.3 Å². The second kappa shape index (κ2) is 14.5. The van der Waals surface area contributed by atoms with Gasteiger partial charge in [-0.25, -0.2) is 14.2 Å². The van der Waals surface area contributed by atoms with Crippen molar-refractivity contribution in [2.75, 3.05) is 49.6 Å². The van der Waals surface area contributed by atoms with E-state index in [2.05, 4.69) is 20.5 Å². The number of halogens is 3. The van der Waals surface area contributed by atoms with Gasteiger partial charge < -0.3 is 34.6 Å². The molecule has 2 N–H and O–H groups in total. The number of morpholine rings is 1. The number of hydrogen-bond donors (Lipinski definition) is 2. The Morgan fingerprint density at radius 2 is 1.77 bits per heavy atom. The van der Waals surface area contributed by atoms with E-state index in [1.54, 1.807) is 23.1 Å². The standard InChI is InChI=1S/C33H38Cl2FN5O6/c1-32(2,3)47-31(44)41-12-9-23(10-13-41)46-27-18-22(40-14-16-45-17-15-40)5-6-25(27)30(43)38-26-19-33(35,36)11-8-24(26)29(42)39-28-7-4-21(34)20-37-28/h4-8,11,18,20,23H,9-10,12-17,19H2,1-3H3,(H,38,43)(H,37,39,42). The highest BCUT2D eigenvalue weighted by atomic mass is 35.5. The Labute approximate surface area is 283 Å². The molecule has 0 saturated carbocycles. The van der Waals surface area contributed by atoms with Crippen LogP contribution in [-0.4, -0.2) is 84.0 Å². The van der Waals surface area contributed by atoms with Crippen molar-refractivity contribution in [1.29, 1.82) is 0 Å². The summed E-state index contributed by atoms with van der Waals surface area (Å²) in [5, 5.41) is 3.43. The molecule has 5 rings (SSSR count). The van der Waals surface area contributed by atoms with Crippen LogP contribution in [0, 0.1) is 0 Å². The first kappa shape index (κ1) is 34.5. The van der Waals surface area contributed by atoms with Gasteiger partial charge in [-0.3, -0.25) is 9.59 Å².